The Morgan fingerprint density at radius 2 is 1.80 bits per heavy atom. The van der Waals surface area contributed by atoms with E-state index >= 15 is 0 Å². The summed E-state index contributed by atoms with van der Waals surface area (Å²) < 4.78 is -1.65. The Labute approximate surface area is 135 Å². The normalized spacial score (nSPS) is 13.9. The highest BCUT2D eigenvalue weighted by Gasteiger charge is 2.36. The molecule has 20 heavy (non-hydrogen) atoms. The maximum absolute atomic E-state index is 12.2. The third-order valence-electron chi connectivity index (χ3n) is 2.46. The van der Waals surface area contributed by atoms with Crippen LogP contribution >= 0.6 is 34.8 Å². The van der Waals surface area contributed by atoms with Crippen LogP contribution in [0.2, 0.25) is 0 Å². The molecule has 1 aromatic rings. The number of carbonyl (C=O) groups is 1. The van der Waals surface area contributed by atoms with Crippen molar-refractivity contribution in [3.05, 3.63) is 35.4 Å². The average molecular weight is 338 g/mol. The molecule has 0 aliphatic carbocycles. The molecule has 0 radical (unpaired) electrons. The molecule has 0 heterocycles. The van der Waals surface area contributed by atoms with Gasteiger partial charge in [0, 0.05) is 11.1 Å². The summed E-state index contributed by atoms with van der Waals surface area (Å²) in [5.41, 5.74) is 1.21. The fourth-order valence-electron chi connectivity index (χ4n) is 1.63. The molecule has 112 valence electrons. The lowest BCUT2D eigenvalue weighted by molar-refractivity contribution is 0.0922. The first-order chi connectivity index (χ1) is 8.99. The Morgan fingerprint density at radius 1 is 1.20 bits per heavy atom. The largest absolute Gasteiger partial charge is 0.333 e. The highest BCUT2D eigenvalue weighted by atomic mass is 35.6. The number of hydrogen-bond acceptors (Lipinski definition) is 2. The van der Waals surface area contributed by atoms with E-state index in [1.807, 2.05) is 39.8 Å². The minimum absolute atomic E-state index is 0.290. The van der Waals surface area contributed by atoms with Gasteiger partial charge >= 0.3 is 0 Å². The molecule has 2 N–H and O–H groups in total. The van der Waals surface area contributed by atoms with Crippen LogP contribution < -0.4 is 10.6 Å². The molecule has 6 heteroatoms. The van der Waals surface area contributed by atoms with Crippen molar-refractivity contribution in [1.29, 1.82) is 0 Å². The van der Waals surface area contributed by atoms with Crippen molar-refractivity contribution >= 4 is 40.7 Å². The molecule has 0 saturated heterocycles. The first kappa shape index (κ1) is 17.6. The zero-order valence-electron chi connectivity index (χ0n) is 11.9. The zero-order chi connectivity index (χ0) is 15.6. The van der Waals surface area contributed by atoms with Crippen molar-refractivity contribution in [2.24, 2.45) is 0 Å². The fourth-order valence-corrected chi connectivity index (χ4v) is 1.96. The minimum Gasteiger partial charge on any atom is -0.333 e. The second kappa shape index (κ2) is 6.52. The standard InChI is InChI=1S/C14H19Cl3N2O/c1-9-6-5-7-10(8-9)11(20)18-12(14(15,16)17)19-13(2,3)4/h5-8,12,19H,1-4H3,(H,18,20). The van der Waals surface area contributed by atoms with Crippen molar-refractivity contribution in [2.45, 2.75) is 43.2 Å². The van der Waals surface area contributed by atoms with E-state index in [2.05, 4.69) is 10.6 Å². The SMILES string of the molecule is Cc1cccc(C(=O)NC(NC(C)(C)C)C(Cl)(Cl)Cl)c1. The van der Waals surface area contributed by atoms with Gasteiger partial charge in [-0.05, 0) is 39.8 Å². The molecule has 0 spiro atoms. The van der Waals surface area contributed by atoms with Crippen LogP contribution in [0.4, 0.5) is 0 Å². The van der Waals surface area contributed by atoms with E-state index in [9.17, 15) is 4.79 Å². The molecule has 0 aromatic heterocycles. The summed E-state index contributed by atoms with van der Waals surface area (Å²) in [7, 11) is 0. The van der Waals surface area contributed by atoms with Crippen molar-refractivity contribution < 1.29 is 4.79 Å². The summed E-state index contributed by atoms with van der Waals surface area (Å²) >= 11 is 17.8. The quantitative estimate of drug-likeness (QED) is 0.650. The van der Waals surface area contributed by atoms with E-state index in [1.54, 1.807) is 12.1 Å². The van der Waals surface area contributed by atoms with Gasteiger partial charge in [0.05, 0.1) is 0 Å². The summed E-state index contributed by atoms with van der Waals surface area (Å²) in [5.74, 6) is -0.290. The molecule has 0 bridgehead atoms. The number of aryl methyl sites for hydroxylation is 1. The van der Waals surface area contributed by atoms with Gasteiger partial charge in [-0.15, -0.1) is 0 Å². The van der Waals surface area contributed by atoms with Crippen LogP contribution in [0.5, 0.6) is 0 Å². The Morgan fingerprint density at radius 3 is 2.25 bits per heavy atom. The third-order valence-corrected chi connectivity index (χ3v) is 3.12. The summed E-state index contributed by atoms with van der Waals surface area (Å²) in [6.45, 7) is 7.69. The van der Waals surface area contributed by atoms with Gasteiger partial charge < -0.3 is 5.32 Å². The summed E-state index contributed by atoms with van der Waals surface area (Å²) in [5, 5.41) is 5.79. The van der Waals surface area contributed by atoms with Crippen molar-refractivity contribution in [3.8, 4) is 0 Å². The molecular formula is C14H19Cl3N2O. The number of halogens is 3. The molecule has 1 unspecified atom stereocenters. The number of hydrogen-bond donors (Lipinski definition) is 2. The minimum atomic E-state index is -1.65. The number of rotatable bonds is 3. The lowest BCUT2D eigenvalue weighted by Gasteiger charge is -2.33. The summed E-state index contributed by atoms with van der Waals surface area (Å²) in [6, 6.07) is 7.22. The van der Waals surface area contributed by atoms with Crippen LogP contribution in [0.1, 0.15) is 36.7 Å². The smallest absolute Gasteiger partial charge is 0.252 e. The Kier molecular flexibility index (Phi) is 5.73. The molecule has 1 rings (SSSR count). The van der Waals surface area contributed by atoms with E-state index in [4.69, 9.17) is 34.8 Å². The van der Waals surface area contributed by atoms with E-state index in [0.717, 1.165) is 5.56 Å². The molecule has 1 amide bonds. The highest BCUT2D eigenvalue weighted by Crippen LogP contribution is 2.30. The molecule has 1 aromatic carbocycles. The lowest BCUT2D eigenvalue weighted by atomic mass is 10.1. The van der Waals surface area contributed by atoms with E-state index in [0.29, 0.717) is 5.56 Å². The van der Waals surface area contributed by atoms with Crippen molar-refractivity contribution in [2.75, 3.05) is 0 Å². The highest BCUT2D eigenvalue weighted by molar-refractivity contribution is 6.68. The Bertz CT molecular complexity index is 478. The molecule has 3 nitrogen and oxygen atoms in total. The fraction of sp³-hybridized carbons (Fsp3) is 0.500. The second-order valence-electron chi connectivity index (χ2n) is 5.71. The van der Waals surface area contributed by atoms with Gasteiger partial charge in [-0.1, -0.05) is 52.5 Å². The maximum atomic E-state index is 12.2. The van der Waals surface area contributed by atoms with Crippen LogP contribution in [0.3, 0.4) is 0 Å². The predicted molar refractivity (Wildman–Crippen MR) is 85.6 cm³/mol. The predicted octanol–water partition coefficient (Wildman–Crippen LogP) is 3.81. The zero-order valence-corrected chi connectivity index (χ0v) is 14.2. The van der Waals surface area contributed by atoms with Crippen LogP contribution in [-0.2, 0) is 0 Å². The first-order valence-corrected chi connectivity index (χ1v) is 7.34. The van der Waals surface area contributed by atoms with Crippen molar-refractivity contribution in [3.63, 3.8) is 0 Å². The van der Waals surface area contributed by atoms with Crippen LogP contribution in [-0.4, -0.2) is 21.4 Å². The number of carbonyl (C=O) groups excluding carboxylic acids is 1. The molecule has 1 atom stereocenters. The van der Waals surface area contributed by atoms with Gasteiger partial charge in [0.25, 0.3) is 5.91 Å². The van der Waals surface area contributed by atoms with Gasteiger partial charge in [-0.3, -0.25) is 10.1 Å². The van der Waals surface area contributed by atoms with Gasteiger partial charge in [-0.25, -0.2) is 0 Å². The third kappa shape index (κ3) is 5.88. The monoisotopic (exact) mass is 336 g/mol. The van der Waals surface area contributed by atoms with E-state index in [1.165, 1.54) is 0 Å². The van der Waals surface area contributed by atoms with Crippen LogP contribution in [0, 0.1) is 6.92 Å². The molecule has 0 aliphatic heterocycles. The van der Waals surface area contributed by atoms with Crippen LogP contribution in [0.25, 0.3) is 0 Å². The van der Waals surface area contributed by atoms with Gasteiger partial charge in [0.15, 0.2) is 0 Å². The Balaban J connectivity index is 2.88. The molecule has 0 fully saturated rings. The Hall–Kier alpha value is -0.480. The molecular weight excluding hydrogens is 319 g/mol. The number of alkyl halides is 3. The average Bonchev–Trinajstić information content (AvgIpc) is 2.25. The summed E-state index contributed by atoms with van der Waals surface area (Å²) in [6.07, 6.45) is -0.791. The number of amides is 1. The lowest BCUT2D eigenvalue weighted by Crippen LogP contribution is -2.58. The number of benzene rings is 1. The maximum Gasteiger partial charge on any atom is 0.252 e. The number of nitrogens with one attached hydrogen (secondary N) is 2. The van der Waals surface area contributed by atoms with Gasteiger partial charge in [0.1, 0.15) is 6.17 Å². The van der Waals surface area contributed by atoms with Gasteiger partial charge in [0.2, 0.25) is 3.79 Å². The van der Waals surface area contributed by atoms with E-state index in [-0.39, 0.29) is 11.4 Å². The second-order valence-corrected chi connectivity index (χ2v) is 8.08. The van der Waals surface area contributed by atoms with Gasteiger partial charge in [-0.2, -0.15) is 0 Å². The first-order valence-electron chi connectivity index (χ1n) is 6.21. The van der Waals surface area contributed by atoms with E-state index < -0.39 is 9.96 Å². The molecule has 0 saturated carbocycles. The van der Waals surface area contributed by atoms with Crippen LogP contribution in [0.15, 0.2) is 24.3 Å². The van der Waals surface area contributed by atoms with Crippen molar-refractivity contribution in [1.82, 2.24) is 10.6 Å². The topological polar surface area (TPSA) is 41.1 Å². The molecule has 0 aliphatic rings. The summed E-state index contributed by atoms with van der Waals surface area (Å²) in [4.78, 5) is 12.2.